The molecule has 0 saturated carbocycles. The minimum absolute atomic E-state index is 0.0396. The molecule has 1 aromatic carbocycles. The van der Waals surface area contributed by atoms with Crippen molar-refractivity contribution in [1.29, 1.82) is 0 Å². The number of esters is 1. The van der Waals surface area contributed by atoms with E-state index in [0.717, 1.165) is 32.1 Å². The normalized spacial score (nSPS) is 20.0. The third kappa shape index (κ3) is 9.85. The van der Waals surface area contributed by atoms with Gasteiger partial charge in [-0.25, -0.2) is 14.2 Å². The number of unbranched alkanes of at least 4 members (excludes halogenated alkanes) is 1. The van der Waals surface area contributed by atoms with Gasteiger partial charge in [-0.1, -0.05) is 64.6 Å². The van der Waals surface area contributed by atoms with Gasteiger partial charge in [0.25, 0.3) is 0 Å². The van der Waals surface area contributed by atoms with Crippen LogP contribution in [0.25, 0.3) is 0 Å². The van der Waals surface area contributed by atoms with Crippen LogP contribution in [0.5, 0.6) is 0 Å². The van der Waals surface area contributed by atoms with Crippen LogP contribution in [0.4, 0.5) is 4.39 Å². The summed E-state index contributed by atoms with van der Waals surface area (Å²) in [5.41, 5.74) is 1.10. The average molecular weight is 689 g/mol. The van der Waals surface area contributed by atoms with Crippen LogP contribution in [0.1, 0.15) is 95.7 Å². The van der Waals surface area contributed by atoms with Crippen LogP contribution in [0, 0.1) is 29.0 Å². The molecule has 1 aromatic heterocycles. The van der Waals surface area contributed by atoms with E-state index >= 15 is 0 Å². The Labute approximate surface area is 285 Å². The highest BCUT2D eigenvalue weighted by atomic mass is 35.5. The lowest BCUT2D eigenvalue weighted by Gasteiger charge is -2.37. The van der Waals surface area contributed by atoms with Crippen molar-refractivity contribution in [2.75, 3.05) is 20.2 Å². The molecule has 2 aromatic rings. The molecular weight excluding hydrogens is 643 g/mol. The number of allylic oxidation sites excluding steroid dienone is 1. The second-order valence-corrected chi connectivity index (χ2v) is 15.0. The predicted octanol–water partition coefficient (Wildman–Crippen LogP) is 7.42. The number of halogens is 2. The van der Waals surface area contributed by atoms with Crippen LogP contribution in [0.15, 0.2) is 46.0 Å². The molecule has 4 rings (SSSR count). The molecule has 0 radical (unpaired) electrons. The summed E-state index contributed by atoms with van der Waals surface area (Å²) < 4.78 is 19.2. The summed E-state index contributed by atoms with van der Waals surface area (Å²) >= 11 is 7.90. The standard InChI is InChI=1S/C35H46ClFN4O5S/c1-21(8-6-7-9-23-12-14-41(28(42)17-23)20-35(3,4)19-29(43)44)22(2)16-27-30(34(45)46-5)31(25-11-10-24(37)18-26(25)36)40-32(39-27)33-38-13-15-47-33/h10-11,13,15,18,21-23,31H,6-9,12,14,16-17,19-20H2,1-5H3,(H,39,40)(H,43,44). The fraction of sp³-hybridized carbons (Fsp3) is 0.571. The van der Waals surface area contributed by atoms with Crippen LogP contribution in [-0.2, 0) is 19.1 Å². The molecule has 4 unspecified atom stereocenters. The fourth-order valence-electron chi connectivity index (χ4n) is 6.55. The molecule has 1 saturated heterocycles. The Kier molecular flexibility index (Phi) is 12.6. The number of aliphatic imine (C=N–C) groups is 1. The number of aliphatic carboxylic acids is 1. The van der Waals surface area contributed by atoms with Crippen molar-refractivity contribution in [3.05, 3.63) is 62.5 Å². The number of carbonyl (C=O) groups excluding carboxylic acids is 2. The first kappa shape index (κ1) is 36.5. The molecule has 0 aliphatic carbocycles. The van der Waals surface area contributed by atoms with E-state index in [0.29, 0.717) is 65.4 Å². The zero-order valence-electron chi connectivity index (χ0n) is 27.9. The molecule has 3 heterocycles. The maximum Gasteiger partial charge on any atom is 0.338 e. The number of carboxylic acid groups (broad SMARTS) is 1. The van der Waals surface area contributed by atoms with E-state index in [1.165, 1.54) is 30.6 Å². The maximum atomic E-state index is 14.0. The second-order valence-electron chi connectivity index (χ2n) is 13.7. The Balaban J connectivity index is 1.37. The summed E-state index contributed by atoms with van der Waals surface area (Å²) in [5, 5.41) is 15.2. The first-order chi connectivity index (χ1) is 22.3. The lowest BCUT2D eigenvalue weighted by molar-refractivity contribution is -0.142. The number of likely N-dealkylation sites (tertiary alicyclic amines) is 1. The summed E-state index contributed by atoms with van der Waals surface area (Å²) in [6.45, 7) is 9.33. The topological polar surface area (TPSA) is 121 Å². The van der Waals surface area contributed by atoms with Gasteiger partial charge < -0.3 is 20.1 Å². The summed E-state index contributed by atoms with van der Waals surface area (Å²) in [6, 6.07) is 3.30. The van der Waals surface area contributed by atoms with Crippen molar-refractivity contribution < 1.29 is 28.6 Å². The summed E-state index contributed by atoms with van der Waals surface area (Å²) in [5.74, 6) is -0.287. The monoisotopic (exact) mass is 688 g/mol. The van der Waals surface area contributed by atoms with E-state index in [9.17, 15) is 23.9 Å². The van der Waals surface area contributed by atoms with Crippen LogP contribution >= 0.6 is 22.9 Å². The molecule has 1 amide bonds. The number of benzene rings is 1. The highest BCUT2D eigenvalue weighted by Gasteiger charge is 2.35. The lowest BCUT2D eigenvalue weighted by Crippen LogP contribution is -2.44. The van der Waals surface area contributed by atoms with Gasteiger partial charge >= 0.3 is 11.9 Å². The highest BCUT2D eigenvalue weighted by Crippen LogP contribution is 2.39. The number of amidine groups is 1. The van der Waals surface area contributed by atoms with Gasteiger partial charge in [0.15, 0.2) is 10.8 Å². The molecule has 0 bridgehead atoms. The number of hydrogen-bond donors (Lipinski definition) is 2. The Morgan fingerprint density at radius 3 is 2.66 bits per heavy atom. The minimum atomic E-state index is -0.843. The van der Waals surface area contributed by atoms with Gasteiger partial charge in [-0.3, -0.25) is 14.6 Å². The molecule has 1 fully saturated rings. The summed E-state index contributed by atoms with van der Waals surface area (Å²) in [6.07, 6.45) is 7.81. The first-order valence-electron chi connectivity index (χ1n) is 16.3. The lowest BCUT2D eigenvalue weighted by atomic mass is 9.83. The number of carboxylic acids is 1. The van der Waals surface area contributed by atoms with Crippen molar-refractivity contribution in [1.82, 2.24) is 15.2 Å². The third-order valence-corrected chi connectivity index (χ3v) is 10.4. The third-order valence-electron chi connectivity index (χ3n) is 9.31. The number of ether oxygens (including phenoxy) is 1. The Hall–Kier alpha value is -3.31. The first-order valence-corrected chi connectivity index (χ1v) is 17.5. The molecule has 2 aliphatic rings. The second kappa shape index (κ2) is 16.2. The fourth-order valence-corrected chi connectivity index (χ4v) is 7.41. The van der Waals surface area contributed by atoms with Crippen molar-refractivity contribution in [3.63, 3.8) is 0 Å². The molecule has 0 spiro atoms. The zero-order valence-corrected chi connectivity index (χ0v) is 29.4. The molecular formula is C35H46ClFN4O5S. The number of methoxy groups -OCH3 is 1. The molecule has 9 nitrogen and oxygen atoms in total. The number of carbonyl (C=O) groups is 3. The van der Waals surface area contributed by atoms with E-state index in [-0.39, 0.29) is 23.3 Å². The SMILES string of the molecule is COC(=O)C1=C(CC(C)C(C)CCCCC2CCN(CC(C)(C)CC(=O)O)C(=O)C2)NC(c2nccs2)=NC1c1ccc(F)cc1Cl. The number of aromatic nitrogens is 1. The van der Waals surface area contributed by atoms with Crippen molar-refractivity contribution in [2.45, 2.75) is 85.1 Å². The predicted molar refractivity (Wildman–Crippen MR) is 182 cm³/mol. The van der Waals surface area contributed by atoms with Crippen LogP contribution in [0.3, 0.4) is 0 Å². The van der Waals surface area contributed by atoms with E-state index in [2.05, 4.69) is 24.1 Å². The maximum absolute atomic E-state index is 14.0. The van der Waals surface area contributed by atoms with Gasteiger partial charge in [0, 0.05) is 47.4 Å². The molecule has 2 N–H and O–H groups in total. The van der Waals surface area contributed by atoms with Crippen LogP contribution in [-0.4, -0.2) is 58.9 Å². The molecule has 12 heteroatoms. The van der Waals surface area contributed by atoms with Gasteiger partial charge in [0.1, 0.15) is 11.9 Å². The molecule has 256 valence electrons. The largest absolute Gasteiger partial charge is 0.481 e. The average Bonchev–Trinajstić information content (AvgIpc) is 3.54. The van der Waals surface area contributed by atoms with E-state index in [4.69, 9.17) is 21.3 Å². The van der Waals surface area contributed by atoms with Crippen molar-refractivity contribution in [3.8, 4) is 0 Å². The Bertz CT molecular complexity index is 1490. The van der Waals surface area contributed by atoms with Crippen molar-refractivity contribution >= 4 is 46.6 Å². The number of nitrogens with one attached hydrogen (secondary N) is 1. The number of amides is 1. The van der Waals surface area contributed by atoms with Crippen molar-refractivity contribution in [2.24, 2.45) is 28.2 Å². The van der Waals surface area contributed by atoms with Gasteiger partial charge in [0.2, 0.25) is 5.91 Å². The van der Waals surface area contributed by atoms with Crippen LogP contribution in [0.2, 0.25) is 5.02 Å². The number of piperidine rings is 1. The Morgan fingerprint density at radius 1 is 1.26 bits per heavy atom. The van der Waals surface area contributed by atoms with Crippen LogP contribution < -0.4 is 5.32 Å². The summed E-state index contributed by atoms with van der Waals surface area (Å²) in [7, 11) is 1.33. The van der Waals surface area contributed by atoms with Gasteiger partial charge in [-0.2, -0.15) is 0 Å². The molecule has 47 heavy (non-hydrogen) atoms. The number of hydrogen-bond acceptors (Lipinski definition) is 8. The Morgan fingerprint density at radius 2 is 2.02 bits per heavy atom. The smallest absolute Gasteiger partial charge is 0.338 e. The van der Waals surface area contributed by atoms with Gasteiger partial charge in [-0.15, -0.1) is 11.3 Å². The number of nitrogens with zero attached hydrogens (tertiary/aromatic N) is 3. The molecule has 2 aliphatic heterocycles. The van der Waals surface area contributed by atoms with Gasteiger partial charge in [-0.05, 0) is 54.6 Å². The number of thiazole rings is 1. The van der Waals surface area contributed by atoms with E-state index in [1.807, 2.05) is 24.1 Å². The minimum Gasteiger partial charge on any atom is -0.481 e. The summed E-state index contributed by atoms with van der Waals surface area (Å²) in [4.78, 5) is 48.3. The molecule has 4 atom stereocenters. The number of rotatable bonds is 15. The van der Waals surface area contributed by atoms with E-state index in [1.54, 1.807) is 12.3 Å². The quantitative estimate of drug-likeness (QED) is 0.148. The highest BCUT2D eigenvalue weighted by molar-refractivity contribution is 7.11. The van der Waals surface area contributed by atoms with Gasteiger partial charge in [0.05, 0.1) is 19.1 Å². The van der Waals surface area contributed by atoms with E-state index < -0.39 is 29.2 Å². The zero-order chi connectivity index (χ0) is 34.3.